The number of carbonyl (C=O) groups is 2. The highest BCUT2D eigenvalue weighted by atomic mass is 19.1. The average Bonchev–Trinajstić information content (AvgIpc) is 2.60. The zero-order valence-electron chi connectivity index (χ0n) is 15.1. The van der Waals surface area contributed by atoms with Crippen LogP contribution in [-0.2, 0) is 14.3 Å². The minimum Gasteiger partial charge on any atom is -0.469 e. The van der Waals surface area contributed by atoms with Gasteiger partial charge < -0.3 is 14.4 Å². The maximum atomic E-state index is 13.4. The molecule has 138 valence electrons. The maximum Gasteiger partial charge on any atom is 0.409 e. The van der Waals surface area contributed by atoms with Gasteiger partial charge in [-0.05, 0) is 43.0 Å². The highest BCUT2D eigenvalue weighted by molar-refractivity contribution is 5.75. The van der Waals surface area contributed by atoms with Crippen LogP contribution in [0.5, 0.6) is 0 Å². The molecule has 1 aliphatic heterocycles. The number of hydrogen-bond donors (Lipinski definition) is 0. The summed E-state index contributed by atoms with van der Waals surface area (Å²) in [6.07, 6.45) is 1.92. The number of unbranched alkanes of at least 4 members (excludes halogenated alkanes) is 1. The van der Waals surface area contributed by atoms with E-state index < -0.39 is 0 Å². The van der Waals surface area contributed by atoms with Crippen molar-refractivity contribution < 1.29 is 23.5 Å². The molecule has 2 atom stereocenters. The summed E-state index contributed by atoms with van der Waals surface area (Å²) in [6, 6.07) is 4.52. The van der Waals surface area contributed by atoms with E-state index in [4.69, 9.17) is 9.47 Å². The lowest BCUT2D eigenvalue weighted by Gasteiger charge is -2.37. The summed E-state index contributed by atoms with van der Waals surface area (Å²) >= 11 is 0. The second kappa shape index (κ2) is 8.83. The molecule has 1 aromatic carbocycles. The zero-order valence-corrected chi connectivity index (χ0v) is 15.1. The van der Waals surface area contributed by atoms with E-state index in [9.17, 15) is 14.0 Å². The highest BCUT2D eigenvalue weighted by Gasteiger charge is 2.38. The van der Waals surface area contributed by atoms with Gasteiger partial charge in [0.05, 0.1) is 19.6 Å². The topological polar surface area (TPSA) is 55.8 Å². The monoisotopic (exact) mass is 351 g/mol. The second-order valence-electron chi connectivity index (χ2n) is 6.44. The molecule has 2 rings (SSSR count). The van der Waals surface area contributed by atoms with Gasteiger partial charge in [0.25, 0.3) is 0 Å². The largest absolute Gasteiger partial charge is 0.469 e. The minimum absolute atomic E-state index is 0.236. The van der Waals surface area contributed by atoms with Gasteiger partial charge in [0.2, 0.25) is 0 Å². The zero-order chi connectivity index (χ0) is 18.4. The quantitative estimate of drug-likeness (QED) is 0.600. The molecule has 1 amide bonds. The number of methoxy groups -OCH3 is 1. The van der Waals surface area contributed by atoms with E-state index in [0.717, 1.165) is 24.0 Å². The van der Waals surface area contributed by atoms with E-state index in [1.807, 2.05) is 13.8 Å². The normalized spacial score (nSPS) is 20.2. The summed E-state index contributed by atoms with van der Waals surface area (Å²) in [5, 5.41) is 0. The molecule has 5 nitrogen and oxygen atoms in total. The Kier molecular flexibility index (Phi) is 6.79. The Labute approximate surface area is 148 Å². The van der Waals surface area contributed by atoms with Gasteiger partial charge >= 0.3 is 12.1 Å². The number of piperidine rings is 1. The van der Waals surface area contributed by atoms with Crippen molar-refractivity contribution >= 4 is 12.1 Å². The fraction of sp³-hybridized carbons (Fsp3) is 0.579. The molecule has 1 aliphatic rings. The molecular weight excluding hydrogens is 325 g/mol. The summed E-state index contributed by atoms with van der Waals surface area (Å²) in [5.74, 6) is -1.20. The number of aryl methyl sites for hydroxylation is 1. The summed E-state index contributed by atoms with van der Waals surface area (Å²) in [6.45, 7) is 5.04. The Morgan fingerprint density at radius 1 is 1.36 bits per heavy atom. The first kappa shape index (κ1) is 19.2. The van der Waals surface area contributed by atoms with Crippen LogP contribution in [0.2, 0.25) is 0 Å². The molecule has 1 saturated heterocycles. The van der Waals surface area contributed by atoms with E-state index in [-0.39, 0.29) is 29.7 Å². The van der Waals surface area contributed by atoms with Gasteiger partial charge in [-0.25, -0.2) is 9.18 Å². The summed E-state index contributed by atoms with van der Waals surface area (Å²) in [7, 11) is 1.36. The van der Waals surface area contributed by atoms with Crippen LogP contribution in [0.15, 0.2) is 18.2 Å². The fourth-order valence-electron chi connectivity index (χ4n) is 3.32. The maximum absolute atomic E-state index is 13.4. The van der Waals surface area contributed by atoms with E-state index in [2.05, 4.69) is 0 Å². The molecule has 0 N–H and O–H groups in total. The second-order valence-corrected chi connectivity index (χ2v) is 6.44. The number of esters is 1. The molecule has 0 bridgehead atoms. The molecule has 1 fully saturated rings. The predicted octanol–water partition coefficient (Wildman–Crippen LogP) is 3.65. The lowest BCUT2D eigenvalue weighted by molar-refractivity contribution is -0.147. The van der Waals surface area contributed by atoms with Crippen LogP contribution in [0.1, 0.15) is 43.2 Å². The van der Waals surface area contributed by atoms with Crippen molar-refractivity contribution in [2.24, 2.45) is 5.92 Å². The van der Waals surface area contributed by atoms with Gasteiger partial charge in [-0.1, -0.05) is 19.4 Å². The van der Waals surface area contributed by atoms with E-state index in [1.54, 1.807) is 11.0 Å². The first-order valence-corrected chi connectivity index (χ1v) is 8.73. The van der Waals surface area contributed by atoms with Crippen molar-refractivity contribution in [3.8, 4) is 0 Å². The SMILES string of the molecule is CCCCOC(=O)N1CCC(C(=O)OC)C(c2ccc(F)cc2C)C1. The van der Waals surface area contributed by atoms with Crippen molar-refractivity contribution in [1.82, 2.24) is 4.90 Å². The fourth-order valence-corrected chi connectivity index (χ4v) is 3.32. The number of ether oxygens (including phenoxy) is 2. The van der Waals surface area contributed by atoms with Crippen molar-refractivity contribution in [3.05, 3.63) is 35.1 Å². The summed E-state index contributed by atoms with van der Waals surface area (Å²) in [5.41, 5.74) is 1.63. The smallest absolute Gasteiger partial charge is 0.409 e. The van der Waals surface area contributed by atoms with E-state index in [1.165, 1.54) is 19.2 Å². The van der Waals surface area contributed by atoms with Crippen LogP contribution in [0.3, 0.4) is 0 Å². The van der Waals surface area contributed by atoms with Crippen LogP contribution in [0.4, 0.5) is 9.18 Å². The number of halogens is 1. The van der Waals surface area contributed by atoms with Crippen LogP contribution < -0.4 is 0 Å². The molecule has 0 aliphatic carbocycles. The third-order valence-electron chi connectivity index (χ3n) is 4.73. The van der Waals surface area contributed by atoms with Gasteiger partial charge in [0, 0.05) is 19.0 Å². The Morgan fingerprint density at radius 3 is 2.76 bits per heavy atom. The van der Waals surface area contributed by atoms with Crippen LogP contribution in [0, 0.1) is 18.7 Å². The average molecular weight is 351 g/mol. The Bertz CT molecular complexity index is 619. The molecular formula is C19H26FNO4. The number of carbonyl (C=O) groups excluding carboxylic acids is 2. The Morgan fingerprint density at radius 2 is 2.12 bits per heavy atom. The van der Waals surface area contributed by atoms with Crippen molar-refractivity contribution in [1.29, 1.82) is 0 Å². The third-order valence-corrected chi connectivity index (χ3v) is 4.73. The van der Waals surface area contributed by atoms with Gasteiger partial charge in [0.15, 0.2) is 0 Å². The molecule has 2 unspecified atom stereocenters. The molecule has 0 spiro atoms. The van der Waals surface area contributed by atoms with Gasteiger partial charge in [-0.15, -0.1) is 0 Å². The number of benzene rings is 1. The number of nitrogens with zero attached hydrogens (tertiary/aromatic N) is 1. The molecule has 0 radical (unpaired) electrons. The number of hydrogen-bond acceptors (Lipinski definition) is 4. The van der Waals surface area contributed by atoms with E-state index >= 15 is 0 Å². The van der Waals surface area contributed by atoms with Gasteiger partial charge in [-0.3, -0.25) is 4.79 Å². The lowest BCUT2D eigenvalue weighted by atomic mass is 9.79. The molecule has 6 heteroatoms. The molecule has 0 aromatic heterocycles. The number of rotatable bonds is 5. The third kappa shape index (κ3) is 4.71. The van der Waals surface area contributed by atoms with E-state index in [0.29, 0.717) is 26.1 Å². The number of amides is 1. The molecule has 0 saturated carbocycles. The molecule has 25 heavy (non-hydrogen) atoms. The van der Waals surface area contributed by atoms with Gasteiger partial charge in [0.1, 0.15) is 5.82 Å². The summed E-state index contributed by atoms with van der Waals surface area (Å²) < 4.78 is 23.7. The van der Waals surface area contributed by atoms with Crippen LogP contribution >= 0.6 is 0 Å². The van der Waals surface area contributed by atoms with Crippen molar-refractivity contribution in [2.75, 3.05) is 26.8 Å². The summed E-state index contributed by atoms with van der Waals surface area (Å²) in [4.78, 5) is 26.1. The number of likely N-dealkylation sites (tertiary alicyclic amines) is 1. The van der Waals surface area contributed by atoms with Gasteiger partial charge in [-0.2, -0.15) is 0 Å². The first-order chi connectivity index (χ1) is 12.0. The van der Waals surface area contributed by atoms with Crippen molar-refractivity contribution in [2.45, 2.75) is 39.0 Å². The Balaban J connectivity index is 2.20. The first-order valence-electron chi connectivity index (χ1n) is 8.73. The Hall–Kier alpha value is -2.11. The minimum atomic E-state index is -0.360. The standard InChI is InChI=1S/C19H26FNO4/c1-4-5-10-25-19(23)21-9-8-16(18(22)24-3)17(12-21)15-7-6-14(20)11-13(15)2/h6-7,11,16-17H,4-5,8-10,12H2,1-3H3. The molecule has 1 heterocycles. The van der Waals surface area contributed by atoms with Crippen LogP contribution in [-0.4, -0.2) is 43.8 Å². The molecule has 1 aromatic rings. The van der Waals surface area contributed by atoms with Crippen LogP contribution in [0.25, 0.3) is 0 Å². The highest BCUT2D eigenvalue weighted by Crippen LogP contribution is 2.35. The lowest BCUT2D eigenvalue weighted by Crippen LogP contribution is -2.45. The van der Waals surface area contributed by atoms with Crippen molar-refractivity contribution in [3.63, 3.8) is 0 Å². The predicted molar refractivity (Wildman–Crippen MR) is 91.8 cm³/mol.